The van der Waals surface area contributed by atoms with E-state index in [9.17, 15) is 4.21 Å². The molecule has 2 nitrogen and oxygen atoms in total. The Balaban J connectivity index is 3.13. The van der Waals surface area contributed by atoms with Crippen molar-refractivity contribution in [2.45, 2.75) is 3.74 Å². The Morgan fingerprint density at radius 3 is 2.14 bits per heavy atom. The molecule has 0 aliphatic rings. The molecular formula is C2H4Br2O2S. The maximum atomic E-state index is 9.86. The SMILES string of the molecule is O=S(O)CC(Br)Br. The fourth-order valence-corrected chi connectivity index (χ4v) is 1.68. The molecular weight excluding hydrogens is 248 g/mol. The predicted molar refractivity (Wildman–Crippen MR) is 37.3 cm³/mol. The molecule has 0 aromatic heterocycles. The first-order valence-corrected chi connectivity index (χ1v) is 4.59. The topological polar surface area (TPSA) is 37.3 Å². The summed E-state index contributed by atoms with van der Waals surface area (Å²) in [5.41, 5.74) is 0. The average Bonchev–Trinajstić information content (AvgIpc) is 1.27. The number of hydrogen-bond acceptors (Lipinski definition) is 1. The van der Waals surface area contributed by atoms with Crippen LogP contribution in [0.25, 0.3) is 0 Å². The van der Waals surface area contributed by atoms with Gasteiger partial charge in [0.25, 0.3) is 0 Å². The number of halogens is 2. The summed E-state index contributed by atoms with van der Waals surface area (Å²) in [6, 6.07) is 0. The maximum absolute atomic E-state index is 9.86. The van der Waals surface area contributed by atoms with Gasteiger partial charge in [-0.05, 0) is 0 Å². The Kier molecular flexibility index (Phi) is 4.61. The molecule has 44 valence electrons. The largest absolute Gasteiger partial charge is 0.306 e. The normalized spacial score (nSPS) is 14.9. The van der Waals surface area contributed by atoms with Crippen LogP contribution in [0, 0.1) is 0 Å². The minimum Gasteiger partial charge on any atom is -0.306 e. The van der Waals surface area contributed by atoms with Crippen LogP contribution in [0.1, 0.15) is 0 Å². The third kappa shape index (κ3) is 7.07. The van der Waals surface area contributed by atoms with E-state index in [0.29, 0.717) is 0 Å². The van der Waals surface area contributed by atoms with E-state index in [4.69, 9.17) is 4.55 Å². The average molecular weight is 252 g/mol. The first-order valence-electron chi connectivity index (χ1n) is 1.48. The van der Waals surface area contributed by atoms with Gasteiger partial charge >= 0.3 is 0 Å². The Labute approximate surface area is 61.2 Å². The zero-order valence-corrected chi connectivity index (χ0v) is 7.29. The van der Waals surface area contributed by atoms with Crippen molar-refractivity contribution in [2.75, 3.05) is 5.75 Å². The fourth-order valence-electron chi connectivity index (χ4n) is 0.108. The summed E-state index contributed by atoms with van der Waals surface area (Å²) in [6.07, 6.45) is 0. The number of alkyl halides is 2. The van der Waals surface area contributed by atoms with Gasteiger partial charge in [-0.15, -0.1) is 0 Å². The van der Waals surface area contributed by atoms with E-state index >= 15 is 0 Å². The van der Waals surface area contributed by atoms with Gasteiger partial charge in [-0.25, -0.2) is 4.21 Å². The first kappa shape index (κ1) is 8.07. The van der Waals surface area contributed by atoms with Crippen LogP contribution in [0.2, 0.25) is 0 Å². The van der Waals surface area contributed by atoms with Crippen molar-refractivity contribution in [1.29, 1.82) is 0 Å². The van der Waals surface area contributed by atoms with Crippen molar-refractivity contribution >= 4 is 42.9 Å². The van der Waals surface area contributed by atoms with Crippen molar-refractivity contribution in [3.05, 3.63) is 0 Å². The Morgan fingerprint density at radius 2 is 2.14 bits per heavy atom. The molecule has 0 saturated carbocycles. The molecule has 0 fully saturated rings. The lowest BCUT2D eigenvalue weighted by atomic mass is 11.0. The van der Waals surface area contributed by atoms with E-state index in [1.807, 2.05) is 0 Å². The summed E-state index contributed by atoms with van der Waals surface area (Å²) < 4.78 is 17.9. The molecule has 1 atom stereocenters. The highest BCUT2D eigenvalue weighted by molar-refractivity contribution is 9.24. The summed E-state index contributed by atoms with van der Waals surface area (Å²) in [7, 11) is 0. The molecule has 0 saturated heterocycles. The van der Waals surface area contributed by atoms with Gasteiger partial charge in [0.15, 0.2) is 11.1 Å². The van der Waals surface area contributed by atoms with Gasteiger partial charge in [-0.1, -0.05) is 31.9 Å². The van der Waals surface area contributed by atoms with E-state index < -0.39 is 11.1 Å². The molecule has 0 aromatic carbocycles. The lowest BCUT2D eigenvalue weighted by Gasteiger charge is -1.91. The highest BCUT2D eigenvalue weighted by atomic mass is 79.9. The molecule has 7 heavy (non-hydrogen) atoms. The molecule has 0 aliphatic carbocycles. The van der Waals surface area contributed by atoms with Gasteiger partial charge in [0, 0.05) is 0 Å². The molecule has 0 spiro atoms. The van der Waals surface area contributed by atoms with Crippen molar-refractivity contribution in [1.82, 2.24) is 0 Å². The van der Waals surface area contributed by atoms with Gasteiger partial charge < -0.3 is 4.55 Å². The molecule has 0 heterocycles. The van der Waals surface area contributed by atoms with Crippen LogP contribution in [0.15, 0.2) is 0 Å². The molecule has 0 radical (unpaired) electrons. The molecule has 0 aromatic rings. The van der Waals surface area contributed by atoms with Crippen LogP contribution in [0.4, 0.5) is 0 Å². The lowest BCUT2D eigenvalue weighted by Crippen LogP contribution is -2.00. The molecule has 1 N–H and O–H groups in total. The second kappa shape index (κ2) is 4.00. The van der Waals surface area contributed by atoms with Crippen LogP contribution in [0.3, 0.4) is 0 Å². The summed E-state index contributed by atoms with van der Waals surface area (Å²) in [4.78, 5) is 0. The molecule has 0 aliphatic heterocycles. The monoisotopic (exact) mass is 250 g/mol. The van der Waals surface area contributed by atoms with Crippen molar-refractivity contribution < 1.29 is 8.76 Å². The van der Waals surface area contributed by atoms with Gasteiger partial charge in [0.05, 0.1) is 9.49 Å². The van der Waals surface area contributed by atoms with Crippen molar-refractivity contribution in [3.8, 4) is 0 Å². The van der Waals surface area contributed by atoms with E-state index in [2.05, 4.69) is 31.9 Å². The third-order valence-electron chi connectivity index (χ3n) is 0.269. The van der Waals surface area contributed by atoms with Crippen LogP contribution >= 0.6 is 31.9 Å². The third-order valence-corrected chi connectivity index (χ3v) is 2.39. The summed E-state index contributed by atoms with van der Waals surface area (Å²) in [6.45, 7) is 0. The smallest absolute Gasteiger partial charge is 0.154 e. The predicted octanol–water partition coefficient (Wildman–Crippen LogP) is 1.32. The Bertz CT molecular complexity index is 74.1. The van der Waals surface area contributed by atoms with Crippen LogP contribution < -0.4 is 0 Å². The second-order valence-electron chi connectivity index (χ2n) is 0.879. The molecule has 1 unspecified atom stereocenters. The van der Waals surface area contributed by atoms with Gasteiger partial charge in [-0.2, -0.15) is 0 Å². The van der Waals surface area contributed by atoms with Crippen LogP contribution in [0.5, 0.6) is 0 Å². The van der Waals surface area contributed by atoms with E-state index in [1.165, 1.54) is 0 Å². The lowest BCUT2D eigenvalue weighted by molar-refractivity contribution is 0.566. The highest BCUT2D eigenvalue weighted by Gasteiger charge is 1.99. The van der Waals surface area contributed by atoms with E-state index in [-0.39, 0.29) is 9.49 Å². The quantitative estimate of drug-likeness (QED) is 0.594. The first-order chi connectivity index (χ1) is 3.13. The van der Waals surface area contributed by atoms with Crippen molar-refractivity contribution in [3.63, 3.8) is 0 Å². The van der Waals surface area contributed by atoms with Gasteiger partial charge in [0.1, 0.15) is 0 Å². The summed E-state index contributed by atoms with van der Waals surface area (Å²) >= 11 is 4.39. The zero-order valence-electron chi connectivity index (χ0n) is 3.30. The van der Waals surface area contributed by atoms with E-state index in [0.717, 1.165) is 0 Å². The minimum atomic E-state index is -1.69. The van der Waals surface area contributed by atoms with Crippen LogP contribution in [-0.2, 0) is 11.1 Å². The highest BCUT2D eigenvalue weighted by Crippen LogP contribution is 2.07. The van der Waals surface area contributed by atoms with Crippen molar-refractivity contribution in [2.24, 2.45) is 0 Å². The Hall–Kier alpha value is 1.07. The molecule has 0 bridgehead atoms. The maximum Gasteiger partial charge on any atom is 0.154 e. The molecule has 5 heteroatoms. The molecule has 0 amide bonds. The molecule has 0 rings (SSSR count). The summed E-state index contributed by atoms with van der Waals surface area (Å²) in [5.74, 6) is 0.222. The summed E-state index contributed by atoms with van der Waals surface area (Å²) in [5, 5.41) is 0. The number of rotatable bonds is 2. The zero-order chi connectivity index (χ0) is 5.86. The van der Waals surface area contributed by atoms with Gasteiger partial charge in [-0.3, -0.25) is 0 Å². The van der Waals surface area contributed by atoms with E-state index in [1.54, 1.807) is 0 Å². The standard InChI is InChI=1S/C2H4Br2O2S/c3-2(4)1-7(5)6/h2H,1H2,(H,5,6). The Morgan fingerprint density at radius 1 is 1.71 bits per heavy atom. The fraction of sp³-hybridized carbons (Fsp3) is 1.00. The minimum absolute atomic E-state index is 0.0502. The van der Waals surface area contributed by atoms with Gasteiger partial charge in [0.2, 0.25) is 0 Å². The van der Waals surface area contributed by atoms with Crippen LogP contribution in [-0.4, -0.2) is 18.3 Å². The second-order valence-corrected chi connectivity index (χ2v) is 5.29. The number of hydrogen-bond donors (Lipinski definition) is 1.